The van der Waals surface area contributed by atoms with Gasteiger partial charge in [-0.25, -0.2) is 4.98 Å². The number of halogens is 6. The highest BCUT2D eigenvalue weighted by Crippen LogP contribution is 2.32. The molecule has 10 heteroatoms. The summed E-state index contributed by atoms with van der Waals surface area (Å²) in [5.74, 6) is -0.187. The molecule has 2 heterocycles. The monoisotopic (exact) mass is 445 g/mol. The quantitative estimate of drug-likeness (QED) is 0.657. The average Bonchev–Trinajstić information content (AvgIpc) is 2.73. The Balaban J connectivity index is 1.56. The Labute approximate surface area is 175 Å². The lowest BCUT2D eigenvalue weighted by Gasteiger charge is -2.32. The Morgan fingerprint density at radius 2 is 1.68 bits per heavy atom. The number of pyridine rings is 1. The summed E-state index contributed by atoms with van der Waals surface area (Å²) in [6.45, 7) is 2.50. The summed E-state index contributed by atoms with van der Waals surface area (Å²) in [4.78, 5) is 18.2. The highest BCUT2D eigenvalue weighted by Gasteiger charge is 2.32. The van der Waals surface area contributed by atoms with Gasteiger partial charge in [0.25, 0.3) is 0 Å². The number of benzene rings is 1. The van der Waals surface area contributed by atoms with Crippen LogP contribution in [0.4, 0.5) is 32.2 Å². The minimum absolute atomic E-state index is 0.259. The Morgan fingerprint density at radius 1 is 1.03 bits per heavy atom. The van der Waals surface area contributed by atoms with Crippen molar-refractivity contribution in [3.8, 4) is 0 Å². The number of nitrogens with one attached hydrogen (secondary N) is 1. The molecule has 1 aliphatic heterocycles. The maximum absolute atomic E-state index is 12.9. The smallest absolute Gasteiger partial charge is 0.357 e. The van der Waals surface area contributed by atoms with E-state index in [4.69, 9.17) is 0 Å². The van der Waals surface area contributed by atoms with Crippen molar-refractivity contribution in [1.29, 1.82) is 0 Å². The number of carbonyl (C=O) groups excluding carboxylic acids is 1. The zero-order valence-electron chi connectivity index (χ0n) is 16.6. The van der Waals surface area contributed by atoms with E-state index >= 15 is 0 Å². The molecule has 0 unspecified atom stereocenters. The molecule has 1 N–H and O–H groups in total. The minimum Gasteiger partial charge on any atom is -0.357 e. The lowest BCUT2D eigenvalue weighted by molar-refractivity contribution is -0.138. The van der Waals surface area contributed by atoms with Gasteiger partial charge >= 0.3 is 12.4 Å². The summed E-state index contributed by atoms with van der Waals surface area (Å²) in [6.07, 6.45) is -7.20. The topological polar surface area (TPSA) is 45.2 Å². The molecule has 0 radical (unpaired) electrons. The number of hydrogen-bond donors (Lipinski definition) is 1. The predicted molar refractivity (Wildman–Crippen MR) is 102 cm³/mol. The van der Waals surface area contributed by atoms with Gasteiger partial charge in [-0.15, -0.1) is 0 Å². The van der Waals surface area contributed by atoms with E-state index in [-0.39, 0.29) is 11.8 Å². The molecule has 0 spiro atoms. The third kappa shape index (κ3) is 5.68. The summed E-state index contributed by atoms with van der Waals surface area (Å²) in [5, 5.41) is 2.76. The van der Waals surface area contributed by atoms with Gasteiger partial charge in [-0.3, -0.25) is 4.79 Å². The van der Waals surface area contributed by atoms with Gasteiger partial charge in [-0.05, 0) is 49.6 Å². The Hall–Kier alpha value is -2.78. The number of rotatable bonds is 4. The standard InChI is InChI=1S/C21H21F6N3O/c1-13(15-3-2-4-16(11-15)20(22,23)24)29-19(31)14-7-9-30(10-8-14)18-6-5-17(12-28-18)21(25,26)27/h2-6,11-14H,7-10H2,1H3,(H,29,31)/t13-/m1/s1. The normalized spacial score (nSPS) is 16.8. The molecule has 1 aromatic carbocycles. The molecule has 1 atom stereocenters. The molecule has 1 fully saturated rings. The minimum atomic E-state index is -4.46. The van der Waals surface area contributed by atoms with Crippen molar-refractivity contribution in [2.45, 2.75) is 38.2 Å². The highest BCUT2D eigenvalue weighted by atomic mass is 19.4. The van der Waals surface area contributed by atoms with Gasteiger partial charge in [-0.1, -0.05) is 12.1 Å². The molecule has 31 heavy (non-hydrogen) atoms. The predicted octanol–water partition coefficient (Wildman–Crippen LogP) is 5.21. The molecule has 4 nitrogen and oxygen atoms in total. The number of aromatic nitrogens is 1. The molecule has 1 aromatic heterocycles. The maximum atomic E-state index is 12.9. The first-order chi connectivity index (χ1) is 14.4. The second kappa shape index (κ2) is 8.76. The van der Waals surface area contributed by atoms with Crippen molar-refractivity contribution >= 4 is 11.7 Å². The number of anilines is 1. The van der Waals surface area contributed by atoms with Crippen LogP contribution in [-0.2, 0) is 17.1 Å². The van der Waals surface area contributed by atoms with Crippen molar-refractivity contribution in [3.05, 3.63) is 59.3 Å². The van der Waals surface area contributed by atoms with Gasteiger partial charge in [-0.2, -0.15) is 26.3 Å². The summed E-state index contributed by atoms with van der Waals surface area (Å²) in [7, 11) is 0. The number of piperidine rings is 1. The van der Waals surface area contributed by atoms with E-state index in [0.717, 1.165) is 24.4 Å². The number of hydrogen-bond acceptors (Lipinski definition) is 3. The molecule has 0 aliphatic carbocycles. The van der Waals surface area contributed by atoms with Crippen LogP contribution in [0.2, 0.25) is 0 Å². The molecule has 1 aliphatic rings. The summed E-state index contributed by atoms with van der Waals surface area (Å²) >= 11 is 0. The molecule has 168 valence electrons. The van der Waals surface area contributed by atoms with Gasteiger partial charge in [0.1, 0.15) is 5.82 Å². The number of carbonyl (C=O) groups is 1. The SMILES string of the molecule is C[C@@H](NC(=O)C1CCN(c2ccc(C(F)(F)F)cn2)CC1)c1cccc(C(F)(F)F)c1. The molecule has 0 bridgehead atoms. The second-order valence-corrected chi connectivity index (χ2v) is 7.52. The van der Waals surface area contributed by atoms with Gasteiger partial charge in [0.05, 0.1) is 17.2 Å². The van der Waals surface area contributed by atoms with Crippen LogP contribution in [0.5, 0.6) is 0 Å². The number of amides is 1. The lowest BCUT2D eigenvalue weighted by Crippen LogP contribution is -2.41. The largest absolute Gasteiger partial charge is 0.417 e. The van der Waals surface area contributed by atoms with Crippen LogP contribution < -0.4 is 10.2 Å². The Kier molecular flexibility index (Phi) is 6.47. The molecule has 3 rings (SSSR count). The molecule has 1 amide bonds. The van der Waals surface area contributed by atoms with Crippen molar-refractivity contribution in [2.24, 2.45) is 5.92 Å². The van der Waals surface area contributed by atoms with Crippen molar-refractivity contribution in [2.75, 3.05) is 18.0 Å². The van der Waals surface area contributed by atoms with Crippen LogP contribution in [0, 0.1) is 5.92 Å². The molecule has 2 aromatic rings. The van der Waals surface area contributed by atoms with Crippen LogP contribution in [0.3, 0.4) is 0 Å². The van der Waals surface area contributed by atoms with Crippen LogP contribution in [0.1, 0.15) is 42.5 Å². The van der Waals surface area contributed by atoms with Gasteiger partial charge in [0.2, 0.25) is 5.91 Å². The number of nitrogens with zero attached hydrogens (tertiary/aromatic N) is 2. The fourth-order valence-corrected chi connectivity index (χ4v) is 3.51. The molecular weight excluding hydrogens is 424 g/mol. The van der Waals surface area contributed by atoms with E-state index in [0.29, 0.717) is 37.3 Å². The first kappa shape index (κ1) is 22.9. The first-order valence-corrected chi connectivity index (χ1v) is 9.71. The Morgan fingerprint density at radius 3 is 2.23 bits per heavy atom. The first-order valence-electron chi connectivity index (χ1n) is 9.71. The molecule has 0 saturated carbocycles. The van der Waals surface area contributed by atoms with Crippen molar-refractivity contribution in [1.82, 2.24) is 10.3 Å². The average molecular weight is 445 g/mol. The van der Waals surface area contributed by atoms with Gasteiger partial charge < -0.3 is 10.2 Å². The second-order valence-electron chi connectivity index (χ2n) is 7.52. The number of alkyl halides is 6. The van der Waals surface area contributed by atoms with Crippen LogP contribution in [0.25, 0.3) is 0 Å². The zero-order chi connectivity index (χ0) is 22.8. The van der Waals surface area contributed by atoms with E-state index in [9.17, 15) is 31.1 Å². The zero-order valence-corrected chi connectivity index (χ0v) is 16.6. The van der Waals surface area contributed by atoms with E-state index in [1.54, 1.807) is 11.8 Å². The Bertz CT molecular complexity index is 903. The third-order valence-corrected chi connectivity index (χ3v) is 5.34. The van der Waals surface area contributed by atoms with Crippen LogP contribution in [0.15, 0.2) is 42.6 Å². The molecule has 1 saturated heterocycles. The summed E-state index contributed by atoms with van der Waals surface area (Å²) in [5.41, 5.74) is -1.24. The third-order valence-electron chi connectivity index (χ3n) is 5.34. The summed E-state index contributed by atoms with van der Waals surface area (Å²) < 4.78 is 76.6. The van der Waals surface area contributed by atoms with Crippen molar-refractivity contribution < 1.29 is 31.1 Å². The lowest BCUT2D eigenvalue weighted by atomic mass is 9.95. The maximum Gasteiger partial charge on any atom is 0.417 e. The molecular formula is C21H21F6N3O. The summed E-state index contributed by atoms with van der Waals surface area (Å²) in [6, 6.07) is 6.50. The van der Waals surface area contributed by atoms with Crippen LogP contribution >= 0.6 is 0 Å². The fourth-order valence-electron chi connectivity index (χ4n) is 3.51. The van der Waals surface area contributed by atoms with Gasteiger partial charge in [0.15, 0.2) is 0 Å². The van der Waals surface area contributed by atoms with Crippen molar-refractivity contribution in [3.63, 3.8) is 0 Å². The van der Waals surface area contributed by atoms with Crippen LogP contribution in [-0.4, -0.2) is 24.0 Å². The fraction of sp³-hybridized carbons (Fsp3) is 0.429. The van der Waals surface area contributed by atoms with E-state index in [2.05, 4.69) is 10.3 Å². The highest BCUT2D eigenvalue weighted by molar-refractivity contribution is 5.79. The van der Waals surface area contributed by atoms with E-state index < -0.39 is 29.5 Å². The van der Waals surface area contributed by atoms with E-state index in [1.165, 1.54) is 18.2 Å². The van der Waals surface area contributed by atoms with E-state index in [1.807, 2.05) is 0 Å². The van der Waals surface area contributed by atoms with Gasteiger partial charge in [0, 0.05) is 25.2 Å².